The highest BCUT2D eigenvalue weighted by atomic mass is 16.2. The lowest BCUT2D eigenvalue weighted by Gasteiger charge is -2.53. The van der Waals surface area contributed by atoms with Gasteiger partial charge in [-0.1, -0.05) is 0 Å². The Morgan fingerprint density at radius 1 is 1.20 bits per heavy atom. The van der Waals surface area contributed by atoms with Gasteiger partial charge in [-0.3, -0.25) is 9.69 Å². The average molecular weight is 212 g/mol. The molecule has 88 valence electrons. The Bertz CT molecular complexity index is 253. The third-order valence-corrected chi connectivity index (χ3v) is 3.16. The van der Waals surface area contributed by atoms with Crippen LogP contribution in [0.2, 0.25) is 0 Å². The van der Waals surface area contributed by atoms with E-state index in [9.17, 15) is 4.79 Å². The zero-order valence-corrected chi connectivity index (χ0v) is 10.9. The molecule has 1 amide bonds. The number of nitrogens with zero attached hydrogens (tertiary/aromatic N) is 2. The lowest BCUT2D eigenvalue weighted by Crippen LogP contribution is -2.65. The number of piperazine rings is 1. The van der Waals surface area contributed by atoms with Crippen molar-refractivity contribution in [1.82, 2.24) is 9.80 Å². The Hall–Kier alpha value is -0.570. The number of amides is 1. The van der Waals surface area contributed by atoms with E-state index >= 15 is 0 Å². The molecule has 1 aliphatic rings. The molecule has 0 radical (unpaired) electrons. The van der Waals surface area contributed by atoms with Gasteiger partial charge in [-0.25, -0.2) is 0 Å². The van der Waals surface area contributed by atoms with Gasteiger partial charge in [0, 0.05) is 37.6 Å². The highest BCUT2D eigenvalue weighted by molar-refractivity contribution is 5.73. The van der Waals surface area contributed by atoms with Crippen LogP contribution in [0.15, 0.2) is 0 Å². The maximum atomic E-state index is 11.4. The fourth-order valence-electron chi connectivity index (χ4n) is 2.67. The molecule has 1 aliphatic heterocycles. The summed E-state index contributed by atoms with van der Waals surface area (Å²) < 4.78 is 0. The van der Waals surface area contributed by atoms with Crippen LogP contribution in [-0.4, -0.2) is 46.4 Å². The molecule has 1 rings (SSSR count). The summed E-state index contributed by atoms with van der Waals surface area (Å²) in [5.74, 6) is 0.191. The number of carbonyl (C=O) groups excluding carboxylic acids is 1. The molecule has 0 N–H and O–H groups in total. The maximum absolute atomic E-state index is 11.4. The van der Waals surface area contributed by atoms with Gasteiger partial charge in [-0.05, 0) is 34.6 Å². The fourth-order valence-corrected chi connectivity index (χ4v) is 2.67. The van der Waals surface area contributed by atoms with Crippen LogP contribution in [-0.2, 0) is 4.79 Å². The van der Waals surface area contributed by atoms with E-state index in [1.54, 1.807) is 6.92 Å². The Labute approximate surface area is 93.4 Å². The second kappa shape index (κ2) is 3.78. The molecule has 0 bridgehead atoms. The van der Waals surface area contributed by atoms with E-state index in [1.165, 1.54) is 0 Å². The van der Waals surface area contributed by atoms with E-state index in [0.29, 0.717) is 0 Å². The summed E-state index contributed by atoms with van der Waals surface area (Å²) in [6.45, 7) is 15.4. The van der Waals surface area contributed by atoms with Crippen LogP contribution in [0.4, 0.5) is 0 Å². The van der Waals surface area contributed by atoms with Crippen LogP contribution in [0.25, 0.3) is 0 Å². The average Bonchev–Trinajstić information content (AvgIpc) is 1.99. The number of hydrogen-bond acceptors (Lipinski definition) is 2. The molecular weight excluding hydrogens is 188 g/mol. The van der Waals surface area contributed by atoms with Gasteiger partial charge in [0.05, 0.1) is 0 Å². The van der Waals surface area contributed by atoms with E-state index in [-0.39, 0.29) is 17.0 Å². The summed E-state index contributed by atoms with van der Waals surface area (Å²) in [6.07, 6.45) is 0. The second-order valence-corrected chi connectivity index (χ2v) is 6.08. The van der Waals surface area contributed by atoms with Crippen molar-refractivity contribution < 1.29 is 4.79 Å². The van der Waals surface area contributed by atoms with Crippen LogP contribution in [0.1, 0.15) is 41.5 Å². The van der Waals surface area contributed by atoms with E-state index in [2.05, 4.69) is 39.5 Å². The van der Waals surface area contributed by atoms with Gasteiger partial charge in [-0.2, -0.15) is 0 Å². The summed E-state index contributed by atoms with van der Waals surface area (Å²) >= 11 is 0. The first kappa shape index (κ1) is 12.5. The standard InChI is InChI=1S/C12H24N2O/c1-10(15)13-7-8-14(11(2,3)4)12(5,6)9-13/h7-9H2,1-6H3. The molecule has 3 heteroatoms. The molecule has 0 saturated carbocycles. The molecule has 0 spiro atoms. The molecule has 0 aromatic heterocycles. The molecule has 1 fully saturated rings. The molecule has 0 aromatic carbocycles. The van der Waals surface area contributed by atoms with Crippen LogP contribution in [0.5, 0.6) is 0 Å². The minimum atomic E-state index is 0.0716. The van der Waals surface area contributed by atoms with Crippen LogP contribution >= 0.6 is 0 Å². The van der Waals surface area contributed by atoms with Gasteiger partial charge in [0.25, 0.3) is 0 Å². The maximum Gasteiger partial charge on any atom is 0.219 e. The van der Waals surface area contributed by atoms with Gasteiger partial charge < -0.3 is 4.90 Å². The smallest absolute Gasteiger partial charge is 0.219 e. The SMILES string of the molecule is CC(=O)N1CCN(C(C)(C)C)C(C)(C)C1. The second-order valence-electron chi connectivity index (χ2n) is 6.08. The molecule has 0 atom stereocenters. The van der Waals surface area contributed by atoms with Crippen molar-refractivity contribution >= 4 is 5.91 Å². The van der Waals surface area contributed by atoms with Crippen molar-refractivity contribution in [3.63, 3.8) is 0 Å². The highest BCUT2D eigenvalue weighted by Gasteiger charge is 2.39. The lowest BCUT2D eigenvalue weighted by molar-refractivity contribution is -0.136. The van der Waals surface area contributed by atoms with Crippen molar-refractivity contribution in [1.29, 1.82) is 0 Å². The summed E-state index contributed by atoms with van der Waals surface area (Å²) in [7, 11) is 0. The van der Waals surface area contributed by atoms with Crippen LogP contribution in [0, 0.1) is 0 Å². The van der Waals surface area contributed by atoms with E-state index < -0.39 is 0 Å². The van der Waals surface area contributed by atoms with Crippen LogP contribution in [0.3, 0.4) is 0 Å². The summed E-state index contributed by atoms with van der Waals surface area (Å²) in [4.78, 5) is 15.8. The monoisotopic (exact) mass is 212 g/mol. The molecule has 3 nitrogen and oxygen atoms in total. The molecule has 1 heterocycles. The first-order valence-electron chi connectivity index (χ1n) is 5.68. The summed E-state index contributed by atoms with van der Waals surface area (Å²) in [6, 6.07) is 0. The van der Waals surface area contributed by atoms with E-state index in [0.717, 1.165) is 19.6 Å². The molecular formula is C12H24N2O. The lowest BCUT2D eigenvalue weighted by atomic mass is 9.91. The molecule has 0 aromatic rings. The van der Waals surface area contributed by atoms with E-state index in [1.807, 2.05) is 4.90 Å². The predicted molar refractivity (Wildman–Crippen MR) is 62.8 cm³/mol. The quantitative estimate of drug-likeness (QED) is 0.610. The third kappa shape index (κ3) is 2.71. The first-order valence-corrected chi connectivity index (χ1v) is 5.68. The fraction of sp³-hybridized carbons (Fsp3) is 0.917. The van der Waals surface area contributed by atoms with Gasteiger partial charge in [0.15, 0.2) is 0 Å². The van der Waals surface area contributed by atoms with E-state index in [4.69, 9.17) is 0 Å². The topological polar surface area (TPSA) is 23.6 Å². The molecule has 1 saturated heterocycles. The first-order chi connectivity index (χ1) is 6.64. The van der Waals surface area contributed by atoms with Crippen LogP contribution < -0.4 is 0 Å². The zero-order chi connectivity index (χ0) is 11.9. The normalized spacial score (nSPS) is 22.9. The Balaban J connectivity index is 2.80. The number of rotatable bonds is 0. The molecule has 0 aliphatic carbocycles. The Morgan fingerprint density at radius 3 is 2.07 bits per heavy atom. The van der Waals surface area contributed by atoms with Gasteiger partial charge in [0.1, 0.15) is 0 Å². The van der Waals surface area contributed by atoms with Gasteiger partial charge in [0.2, 0.25) is 5.91 Å². The Kier molecular flexibility index (Phi) is 3.15. The highest BCUT2D eigenvalue weighted by Crippen LogP contribution is 2.28. The minimum absolute atomic E-state index is 0.0716. The third-order valence-electron chi connectivity index (χ3n) is 3.16. The van der Waals surface area contributed by atoms with Crippen molar-refractivity contribution in [2.24, 2.45) is 0 Å². The molecule has 0 unspecified atom stereocenters. The minimum Gasteiger partial charge on any atom is -0.340 e. The van der Waals surface area contributed by atoms with Crippen molar-refractivity contribution in [2.75, 3.05) is 19.6 Å². The summed E-state index contributed by atoms with van der Waals surface area (Å²) in [5, 5.41) is 0. The van der Waals surface area contributed by atoms with Gasteiger partial charge >= 0.3 is 0 Å². The predicted octanol–water partition coefficient (Wildman–Crippen LogP) is 1.73. The largest absolute Gasteiger partial charge is 0.340 e. The van der Waals surface area contributed by atoms with Crippen molar-refractivity contribution in [2.45, 2.75) is 52.6 Å². The van der Waals surface area contributed by atoms with Crippen molar-refractivity contribution in [3.8, 4) is 0 Å². The zero-order valence-electron chi connectivity index (χ0n) is 10.9. The Morgan fingerprint density at radius 2 is 1.73 bits per heavy atom. The summed E-state index contributed by atoms with van der Waals surface area (Å²) in [5.41, 5.74) is 0.245. The number of hydrogen-bond donors (Lipinski definition) is 0. The van der Waals surface area contributed by atoms with Crippen molar-refractivity contribution in [3.05, 3.63) is 0 Å². The van der Waals surface area contributed by atoms with Gasteiger partial charge in [-0.15, -0.1) is 0 Å². The number of carbonyl (C=O) groups is 1. The molecule has 15 heavy (non-hydrogen) atoms.